The van der Waals surface area contributed by atoms with Gasteiger partial charge < -0.3 is 11.1 Å². The predicted molar refractivity (Wildman–Crippen MR) is 129 cm³/mol. The molecule has 0 radical (unpaired) electrons. The first kappa shape index (κ1) is 27.9. The van der Waals surface area contributed by atoms with E-state index in [4.69, 9.17) is 5.73 Å². The topological polar surface area (TPSA) is 72.2 Å². The normalized spacial score (nSPS) is 10.5. The summed E-state index contributed by atoms with van der Waals surface area (Å²) in [4.78, 5) is 21.0. The van der Waals surface area contributed by atoms with E-state index < -0.39 is 0 Å². The summed E-state index contributed by atoms with van der Waals surface area (Å²) in [5.41, 5.74) is 5.94. The number of unbranched alkanes of at least 4 members (excludes halogenated alkanes) is 11. The lowest BCUT2D eigenvalue weighted by Crippen LogP contribution is -2.09. The number of rotatable bonds is 16. The monoisotopic (exact) mass is 416 g/mol. The lowest BCUT2D eigenvalue weighted by Gasteiger charge is -1.99. The number of hydrogen-bond acceptors (Lipinski definition) is 2. The maximum absolute atomic E-state index is 10.5. The number of allylic oxidation sites excluding steroid dienone is 2. The second-order valence-electron chi connectivity index (χ2n) is 7.85. The van der Waals surface area contributed by atoms with Crippen molar-refractivity contribution in [1.82, 2.24) is 0 Å². The smallest absolute Gasteiger partial charge is 0.221 e. The fourth-order valence-corrected chi connectivity index (χ4v) is 3.09. The van der Waals surface area contributed by atoms with Crippen LogP contribution in [0.5, 0.6) is 0 Å². The van der Waals surface area contributed by atoms with Gasteiger partial charge >= 0.3 is 0 Å². The predicted octanol–water partition coefficient (Wildman–Crippen LogP) is 7.15. The molecule has 1 aromatic rings. The van der Waals surface area contributed by atoms with E-state index >= 15 is 0 Å². The van der Waals surface area contributed by atoms with Crippen LogP contribution in [0.15, 0.2) is 42.5 Å². The van der Waals surface area contributed by atoms with Gasteiger partial charge in [-0.2, -0.15) is 0 Å². The summed E-state index contributed by atoms with van der Waals surface area (Å²) in [6.07, 6.45) is 21.9. The summed E-state index contributed by atoms with van der Waals surface area (Å²) in [5, 5.41) is 2.67. The lowest BCUT2D eigenvalue weighted by atomic mass is 10.1. The van der Waals surface area contributed by atoms with Crippen LogP contribution < -0.4 is 11.1 Å². The SMILES string of the molecule is CC(=O)Nc1ccccc1.CCCCCCCC/C=C\CCCCCCCC(N)=O. The van der Waals surface area contributed by atoms with E-state index in [1.54, 1.807) is 0 Å². The molecule has 0 aliphatic heterocycles. The number of carbonyl (C=O) groups is 2. The highest BCUT2D eigenvalue weighted by atomic mass is 16.1. The largest absolute Gasteiger partial charge is 0.370 e. The first-order valence-electron chi connectivity index (χ1n) is 11.8. The Labute approximate surface area is 184 Å². The van der Waals surface area contributed by atoms with Crippen molar-refractivity contribution in [2.45, 2.75) is 104 Å². The number of carbonyl (C=O) groups excluding carboxylic acids is 2. The van der Waals surface area contributed by atoms with E-state index in [2.05, 4.69) is 24.4 Å². The Bertz CT molecular complexity index is 555. The Balaban J connectivity index is 0.000000696. The van der Waals surface area contributed by atoms with Crippen LogP contribution in [0, 0.1) is 0 Å². The van der Waals surface area contributed by atoms with Gasteiger partial charge in [0.15, 0.2) is 0 Å². The fourth-order valence-electron chi connectivity index (χ4n) is 3.09. The van der Waals surface area contributed by atoms with E-state index in [-0.39, 0.29) is 11.8 Å². The van der Waals surface area contributed by atoms with Crippen LogP contribution in [0.1, 0.15) is 104 Å². The molecule has 2 amide bonds. The first-order chi connectivity index (χ1) is 14.6. The van der Waals surface area contributed by atoms with Crippen molar-refractivity contribution in [3.8, 4) is 0 Å². The fraction of sp³-hybridized carbons (Fsp3) is 0.615. The standard InChI is InChI=1S/C18H35NO.C8H9NO/c1-2-3-4-5-6-7-8-9-10-11-12-13-14-15-16-17-18(19)20;1-7(10)9-8-5-3-2-4-6-8/h9-10H,2-8,11-17H2,1H3,(H2,19,20);2-6H,1H3,(H,9,10)/b10-9-;. The van der Waals surface area contributed by atoms with Crippen LogP contribution >= 0.6 is 0 Å². The molecule has 0 atom stereocenters. The van der Waals surface area contributed by atoms with E-state index in [0.717, 1.165) is 18.5 Å². The minimum Gasteiger partial charge on any atom is -0.370 e. The van der Waals surface area contributed by atoms with Gasteiger partial charge in [0.25, 0.3) is 0 Å². The molecule has 4 heteroatoms. The number of primary amides is 1. The van der Waals surface area contributed by atoms with Crippen LogP contribution in [-0.2, 0) is 9.59 Å². The number of hydrogen-bond donors (Lipinski definition) is 2. The number of nitrogens with two attached hydrogens (primary N) is 1. The van der Waals surface area contributed by atoms with Crippen molar-refractivity contribution >= 4 is 17.5 Å². The molecule has 0 aliphatic rings. The third-order valence-electron chi connectivity index (χ3n) is 4.78. The average Bonchev–Trinajstić information content (AvgIpc) is 2.71. The van der Waals surface area contributed by atoms with E-state index in [1.165, 1.54) is 77.6 Å². The van der Waals surface area contributed by atoms with E-state index in [1.807, 2.05) is 30.3 Å². The molecule has 3 N–H and O–H groups in total. The molecule has 0 heterocycles. The Morgan fingerprint density at radius 2 is 1.30 bits per heavy atom. The number of anilines is 1. The zero-order valence-electron chi connectivity index (χ0n) is 19.3. The highest BCUT2D eigenvalue weighted by Gasteiger charge is 1.94. The lowest BCUT2D eigenvalue weighted by molar-refractivity contribution is -0.118. The summed E-state index contributed by atoms with van der Waals surface area (Å²) in [5.74, 6) is -0.200. The van der Waals surface area contributed by atoms with E-state index in [9.17, 15) is 9.59 Å². The molecule has 0 saturated carbocycles. The van der Waals surface area contributed by atoms with Crippen molar-refractivity contribution in [2.75, 3.05) is 5.32 Å². The van der Waals surface area contributed by atoms with Gasteiger partial charge in [0, 0.05) is 19.0 Å². The third-order valence-corrected chi connectivity index (χ3v) is 4.78. The van der Waals surface area contributed by atoms with E-state index in [0.29, 0.717) is 6.42 Å². The van der Waals surface area contributed by atoms with Gasteiger partial charge in [0.05, 0.1) is 0 Å². The van der Waals surface area contributed by atoms with Crippen LogP contribution in [0.2, 0.25) is 0 Å². The molecule has 0 aliphatic carbocycles. The summed E-state index contributed by atoms with van der Waals surface area (Å²) < 4.78 is 0. The second-order valence-corrected chi connectivity index (χ2v) is 7.85. The Morgan fingerprint density at radius 1 is 0.800 bits per heavy atom. The van der Waals surface area contributed by atoms with Gasteiger partial charge in [0.2, 0.25) is 11.8 Å². The molecule has 0 bridgehead atoms. The zero-order valence-corrected chi connectivity index (χ0v) is 19.3. The minimum absolute atomic E-state index is 0.0359. The Kier molecular flexibility index (Phi) is 20.1. The first-order valence-corrected chi connectivity index (χ1v) is 11.8. The number of nitrogens with one attached hydrogen (secondary N) is 1. The summed E-state index contributed by atoms with van der Waals surface area (Å²) in [6.45, 7) is 3.76. The van der Waals surface area contributed by atoms with Crippen molar-refractivity contribution in [3.63, 3.8) is 0 Å². The molecule has 4 nitrogen and oxygen atoms in total. The van der Waals surface area contributed by atoms with Gasteiger partial charge in [-0.05, 0) is 44.2 Å². The summed E-state index contributed by atoms with van der Waals surface area (Å²) in [7, 11) is 0. The molecular formula is C26H44N2O2. The highest BCUT2D eigenvalue weighted by molar-refractivity contribution is 5.88. The maximum atomic E-state index is 10.5. The van der Waals surface area contributed by atoms with Crippen LogP contribution in [0.4, 0.5) is 5.69 Å². The van der Waals surface area contributed by atoms with Crippen LogP contribution in [0.3, 0.4) is 0 Å². The quantitative estimate of drug-likeness (QED) is 0.222. The van der Waals surface area contributed by atoms with Gasteiger partial charge in [-0.3, -0.25) is 9.59 Å². The van der Waals surface area contributed by atoms with Crippen molar-refractivity contribution in [2.24, 2.45) is 5.73 Å². The summed E-state index contributed by atoms with van der Waals surface area (Å²) in [6, 6.07) is 9.37. The second kappa shape index (κ2) is 21.6. The van der Waals surface area contributed by atoms with Gasteiger partial charge in [0.1, 0.15) is 0 Å². The van der Waals surface area contributed by atoms with Gasteiger partial charge in [-0.15, -0.1) is 0 Å². The Hall–Kier alpha value is -2.10. The van der Waals surface area contributed by atoms with Crippen molar-refractivity contribution in [3.05, 3.63) is 42.5 Å². The highest BCUT2D eigenvalue weighted by Crippen LogP contribution is 2.09. The molecule has 0 fully saturated rings. The molecule has 170 valence electrons. The number of para-hydroxylation sites is 1. The summed E-state index contributed by atoms with van der Waals surface area (Å²) >= 11 is 0. The maximum Gasteiger partial charge on any atom is 0.221 e. The molecule has 0 saturated heterocycles. The average molecular weight is 417 g/mol. The van der Waals surface area contributed by atoms with Crippen molar-refractivity contribution in [1.29, 1.82) is 0 Å². The number of benzene rings is 1. The van der Waals surface area contributed by atoms with Crippen LogP contribution in [0.25, 0.3) is 0 Å². The molecule has 1 aromatic carbocycles. The third kappa shape index (κ3) is 22.2. The van der Waals surface area contributed by atoms with Crippen LogP contribution in [-0.4, -0.2) is 11.8 Å². The minimum atomic E-state index is -0.164. The number of amides is 2. The van der Waals surface area contributed by atoms with Gasteiger partial charge in [-0.25, -0.2) is 0 Å². The molecular weight excluding hydrogens is 372 g/mol. The molecule has 0 spiro atoms. The molecule has 1 rings (SSSR count). The van der Waals surface area contributed by atoms with Crippen molar-refractivity contribution < 1.29 is 9.59 Å². The van der Waals surface area contributed by atoms with Gasteiger partial charge in [-0.1, -0.05) is 88.6 Å². The molecule has 30 heavy (non-hydrogen) atoms. The zero-order chi connectivity index (χ0) is 22.3. The molecule has 0 unspecified atom stereocenters. The molecule has 0 aromatic heterocycles. The Morgan fingerprint density at radius 3 is 1.80 bits per heavy atom.